The molecule has 0 aliphatic heterocycles. The summed E-state index contributed by atoms with van der Waals surface area (Å²) in [5.74, 6) is -1.80. The van der Waals surface area contributed by atoms with Crippen molar-refractivity contribution in [3.05, 3.63) is 35.9 Å². The normalized spacial score (nSPS) is 12.1. The molecular formula is C13H12F6O2. The summed E-state index contributed by atoms with van der Waals surface area (Å²) in [7, 11) is 0. The molecule has 0 N–H and O–H groups in total. The summed E-state index contributed by atoms with van der Waals surface area (Å²) in [5, 5.41) is 0. The highest BCUT2D eigenvalue weighted by molar-refractivity contribution is 5.52. The SMILES string of the molecule is C=CCOc1ccc(OCC)c(C(F)(F)F)c1C(F)(F)F. The van der Waals surface area contributed by atoms with Crippen LogP contribution in [-0.4, -0.2) is 13.2 Å². The summed E-state index contributed by atoms with van der Waals surface area (Å²) in [4.78, 5) is 0. The number of ether oxygens (including phenoxy) is 2. The van der Waals surface area contributed by atoms with Crippen LogP contribution in [0.1, 0.15) is 18.1 Å². The highest BCUT2D eigenvalue weighted by atomic mass is 19.4. The lowest BCUT2D eigenvalue weighted by Gasteiger charge is -2.21. The van der Waals surface area contributed by atoms with E-state index in [1.54, 1.807) is 0 Å². The molecule has 0 aliphatic rings. The first-order chi connectivity index (χ1) is 9.62. The molecule has 0 spiro atoms. The number of halogens is 6. The number of benzene rings is 1. The van der Waals surface area contributed by atoms with E-state index in [0.717, 1.165) is 18.2 Å². The van der Waals surface area contributed by atoms with Crippen LogP contribution in [0, 0.1) is 0 Å². The van der Waals surface area contributed by atoms with Crippen LogP contribution in [0.2, 0.25) is 0 Å². The van der Waals surface area contributed by atoms with Crippen molar-refractivity contribution < 1.29 is 35.8 Å². The van der Waals surface area contributed by atoms with Gasteiger partial charge in [0.2, 0.25) is 0 Å². The van der Waals surface area contributed by atoms with Crippen LogP contribution in [0.4, 0.5) is 26.3 Å². The molecule has 0 amide bonds. The molecule has 0 aliphatic carbocycles. The minimum Gasteiger partial charge on any atom is -0.493 e. The molecule has 0 saturated carbocycles. The largest absolute Gasteiger partial charge is 0.493 e. The van der Waals surface area contributed by atoms with Gasteiger partial charge in [0.25, 0.3) is 0 Å². The van der Waals surface area contributed by atoms with E-state index >= 15 is 0 Å². The third kappa shape index (κ3) is 4.05. The van der Waals surface area contributed by atoms with Gasteiger partial charge in [-0.05, 0) is 19.1 Å². The minimum atomic E-state index is -5.24. The molecule has 21 heavy (non-hydrogen) atoms. The van der Waals surface area contributed by atoms with Crippen LogP contribution >= 0.6 is 0 Å². The zero-order valence-electron chi connectivity index (χ0n) is 10.9. The van der Waals surface area contributed by atoms with Gasteiger partial charge in [-0.1, -0.05) is 12.7 Å². The van der Waals surface area contributed by atoms with Gasteiger partial charge in [0, 0.05) is 0 Å². The van der Waals surface area contributed by atoms with Crippen LogP contribution in [0.5, 0.6) is 11.5 Å². The molecule has 0 saturated heterocycles. The molecule has 0 fully saturated rings. The molecule has 0 radical (unpaired) electrons. The monoisotopic (exact) mass is 314 g/mol. The van der Waals surface area contributed by atoms with E-state index in [1.165, 1.54) is 6.92 Å². The summed E-state index contributed by atoms with van der Waals surface area (Å²) in [6.45, 7) is 4.05. The maximum Gasteiger partial charge on any atom is 0.420 e. The van der Waals surface area contributed by atoms with Gasteiger partial charge in [-0.25, -0.2) is 0 Å². The van der Waals surface area contributed by atoms with Crippen molar-refractivity contribution in [3.63, 3.8) is 0 Å². The number of hydrogen-bond donors (Lipinski definition) is 0. The minimum absolute atomic E-state index is 0.201. The summed E-state index contributed by atoms with van der Waals surface area (Å²) < 4.78 is 87.5. The Morgan fingerprint density at radius 1 is 0.952 bits per heavy atom. The van der Waals surface area contributed by atoms with Gasteiger partial charge < -0.3 is 9.47 Å². The molecule has 1 rings (SSSR count). The van der Waals surface area contributed by atoms with Crippen molar-refractivity contribution in [2.24, 2.45) is 0 Å². The van der Waals surface area contributed by atoms with Crippen molar-refractivity contribution >= 4 is 0 Å². The van der Waals surface area contributed by atoms with Gasteiger partial charge >= 0.3 is 12.4 Å². The Balaban J connectivity index is 3.61. The Labute approximate surface area is 117 Å². The Bertz CT molecular complexity index is 505. The average Bonchev–Trinajstić information content (AvgIpc) is 2.34. The van der Waals surface area contributed by atoms with Gasteiger partial charge in [0.05, 0.1) is 6.61 Å². The predicted molar refractivity (Wildman–Crippen MR) is 63.3 cm³/mol. The first-order valence-corrected chi connectivity index (χ1v) is 5.80. The molecule has 0 bridgehead atoms. The zero-order valence-corrected chi connectivity index (χ0v) is 10.9. The van der Waals surface area contributed by atoms with Crippen molar-refractivity contribution in [1.82, 2.24) is 0 Å². The molecule has 0 heterocycles. The van der Waals surface area contributed by atoms with Crippen LogP contribution in [-0.2, 0) is 12.4 Å². The molecule has 1 aromatic rings. The number of alkyl halides is 6. The third-order valence-corrected chi connectivity index (χ3v) is 2.35. The highest BCUT2D eigenvalue weighted by Crippen LogP contribution is 2.49. The summed E-state index contributed by atoms with van der Waals surface area (Å²) in [6, 6.07) is 1.60. The second-order valence-electron chi connectivity index (χ2n) is 3.84. The van der Waals surface area contributed by atoms with E-state index in [2.05, 4.69) is 16.1 Å². The van der Waals surface area contributed by atoms with Gasteiger partial charge in [0.15, 0.2) is 0 Å². The van der Waals surface area contributed by atoms with Crippen LogP contribution in [0.15, 0.2) is 24.8 Å². The second kappa shape index (κ2) is 6.28. The number of rotatable bonds is 5. The zero-order chi connectivity index (χ0) is 16.3. The first-order valence-electron chi connectivity index (χ1n) is 5.80. The molecular weight excluding hydrogens is 302 g/mol. The number of hydrogen-bond acceptors (Lipinski definition) is 2. The quantitative estimate of drug-likeness (QED) is 0.580. The summed E-state index contributed by atoms with van der Waals surface area (Å²) in [5.41, 5.74) is -3.79. The predicted octanol–water partition coefficient (Wildman–Crippen LogP) is 4.69. The Hall–Kier alpha value is -1.86. The van der Waals surface area contributed by atoms with E-state index in [4.69, 9.17) is 0 Å². The van der Waals surface area contributed by atoms with Crippen LogP contribution in [0.25, 0.3) is 0 Å². The fourth-order valence-electron chi connectivity index (χ4n) is 1.67. The Morgan fingerprint density at radius 2 is 1.38 bits per heavy atom. The lowest BCUT2D eigenvalue weighted by Crippen LogP contribution is -2.20. The maximum absolute atomic E-state index is 13.0. The molecule has 0 atom stereocenters. The fraction of sp³-hybridized carbons (Fsp3) is 0.385. The second-order valence-corrected chi connectivity index (χ2v) is 3.84. The van der Waals surface area contributed by atoms with Gasteiger partial charge in [-0.3, -0.25) is 0 Å². The molecule has 0 aromatic heterocycles. The lowest BCUT2D eigenvalue weighted by molar-refractivity contribution is -0.164. The topological polar surface area (TPSA) is 18.5 Å². The standard InChI is InChI=1S/C13H12F6O2/c1-3-7-21-9-6-5-8(20-4-2)10(12(14,15)16)11(9)13(17,18)19/h3,5-6H,1,4,7H2,2H3. The maximum atomic E-state index is 13.0. The molecule has 118 valence electrons. The molecule has 2 nitrogen and oxygen atoms in total. The summed E-state index contributed by atoms with van der Waals surface area (Å²) in [6.07, 6.45) is -9.35. The van der Waals surface area contributed by atoms with Gasteiger partial charge in [-0.2, -0.15) is 26.3 Å². The smallest absolute Gasteiger partial charge is 0.420 e. The highest BCUT2D eigenvalue weighted by Gasteiger charge is 2.48. The molecule has 1 aromatic carbocycles. The van der Waals surface area contributed by atoms with Crippen molar-refractivity contribution in [3.8, 4) is 11.5 Å². The third-order valence-electron chi connectivity index (χ3n) is 2.35. The van der Waals surface area contributed by atoms with Crippen LogP contribution < -0.4 is 9.47 Å². The van der Waals surface area contributed by atoms with E-state index in [9.17, 15) is 26.3 Å². The van der Waals surface area contributed by atoms with Crippen LogP contribution in [0.3, 0.4) is 0 Å². The Morgan fingerprint density at radius 3 is 1.71 bits per heavy atom. The van der Waals surface area contributed by atoms with Crippen molar-refractivity contribution in [2.45, 2.75) is 19.3 Å². The van der Waals surface area contributed by atoms with Crippen molar-refractivity contribution in [1.29, 1.82) is 0 Å². The van der Waals surface area contributed by atoms with E-state index in [-0.39, 0.29) is 13.2 Å². The lowest BCUT2D eigenvalue weighted by atomic mass is 10.0. The van der Waals surface area contributed by atoms with E-state index in [1.807, 2.05) is 0 Å². The molecule has 8 heteroatoms. The van der Waals surface area contributed by atoms with Gasteiger partial charge in [-0.15, -0.1) is 0 Å². The molecule has 0 unspecified atom stereocenters. The Kier molecular flexibility index (Phi) is 5.14. The van der Waals surface area contributed by atoms with Gasteiger partial charge in [0.1, 0.15) is 29.2 Å². The average molecular weight is 314 g/mol. The first kappa shape index (κ1) is 17.2. The fourth-order valence-corrected chi connectivity index (χ4v) is 1.67. The van der Waals surface area contributed by atoms with E-state index < -0.39 is 35.0 Å². The van der Waals surface area contributed by atoms with Crippen molar-refractivity contribution in [2.75, 3.05) is 13.2 Å². The van der Waals surface area contributed by atoms with E-state index in [0.29, 0.717) is 0 Å². The summed E-state index contributed by atoms with van der Waals surface area (Å²) >= 11 is 0.